The Kier molecular flexibility index (Phi) is 4.51. The van der Waals surface area contributed by atoms with Crippen molar-refractivity contribution in [2.24, 2.45) is 5.14 Å². The molecule has 2 rings (SSSR count). The van der Waals surface area contributed by atoms with Crippen LogP contribution in [-0.2, 0) is 10.0 Å². The van der Waals surface area contributed by atoms with E-state index in [0.717, 1.165) is 4.90 Å². The maximum absolute atomic E-state index is 11.2. The van der Waals surface area contributed by atoms with Crippen molar-refractivity contribution in [3.63, 3.8) is 0 Å². The van der Waals surface area contributed by atoms with Crippen LogP contribution >= 0.6 is 35.0 Å². The van der Waals surface area contributed by atoms with Gasteiger partial charge >= 0.3 is 0 Å². The van der Waals surface area contributed by atoms with E-state index in [4.69, 9.17) is 34.1 Å². The predicted octanol–water partition coefficient (Wildman–Crippen LogP) is 3.37. The minimum atomic E-state index is -3.77. The van der Waals surface area contributed by atoms with Crippen molar-refractivity contribution in [2.75, 3.05) is 5.73 Å². The third-order valence-electron chi connectivity index (χ3n) is 2.42. The lowest BCUT2D eigenvalue weighted by Crippen LogP contribution is -2.12. The first kappa shape index (κ1) is 15.5. The van der Waals surface area contributed by atoms with E-state index in [1.807, 2.05) is 0 Å². The molecule has 0 spiro atoms. The summed E-state index contributed by atoms with van der Waals surface area (Å²) in [6, 6.07) is 9.36. The van der Waals surface area contributed by atoms with Gasteiger partial charge in [0, 0.05) is 20.5 Å². The molecule has 8 heteroatoms. The SMILES string of the molecule is Nc1cc(S(N)(=O)=O)ccc1Sc1cc(Cl)ccc1Cl. The number of halogens is 2. The van der Waals surface area contributed by atoms with Gasteiger partial charge in [-0.1, -0.05) is 35.0 Å². The molecule has 0 fully saturated rings. The number of benzene rings is 2. The van der Waals surface area contributed by atoms with Crippen LogP contribution in [0.2, 0.25) is 10.0 Å². The first-order valence-corrected chi connectivity index (χ1v) is 8.44. The Morgan fingerprint density at radius 1 is 1.00 bits per heavy atom. The van der Waals surface area contributed by atoms with E-state index in [1.54, 1.807) is 24.3 Å². The molecule has 20 heavy (non-hydrogen) atoms. The molecule has 0 radical (unpaired) electrons. The lowest BCUT2D eigenvalue weighted by molar-refractivity contribution is 0.598. The average Bonchev–Trinajstić information content (AvgIpc) is 2.35. The lowest BCUT2D eigenvalue weighted by atomic mass is 10.3. The summed E-state index contributed by atoms with van der Waals surface area (Å²) in [6.45, 7) is 0. The summed E-state index contributed by atoms with van der Waals surface area (Å²) in [4.78, 5) is 1.37. The smallest absolute Gasteiger partial charge is 0.238 e. The van der Waals surface area contributed by atoms with Gasteiger partial charge in [-0.3, -0.25) is 0 Å². The number of nitrogen functional groups attached to an aromatic ring is 1. The Bertz CT molecular complexity index is 764. The largest absolute Gasteiger partial charge is 0.398 e. The van der Waals surface area contributed by atoms with Crippen LogP contribution in [0.15, 0.2) is 51.1 Å². The van der Waals surface area contributed by atoms with E-state index < -0.39 is 10.0 Å². The number of sulfonamides is 1. The molecule has 0 saturated heterocycles. The number of hydrogen-bond donors (Lipinski definition) is 2. The molecule has 0 heterocycles. The summed E-state index contributed by atoms with van der Waals surface area (Å²) < 4.78 is 22.5. The molecule has 106 valence electrons. The van der Waals surface area contributed by atoms with Crippen molar-refractivity contribution >= 4 is 50.7 Å². The van der Waals surface area contributed by atoms with E-state index in [0.29, 0.717) is 20.6 Å². The Labute approximate surface area is 131 Å². The molecule has 0 aliphatic carbocycles. The summed E-state index contributed by atoms with van der Waals surface area (Å²) in [5.41, 5.74) is 6.14. The third kappa shape index (κ3) is 3.59. The van der Waals surface area contributed by atoms with Crippen LogP contribution in [0.25, 0.3) is 0 Å². The monoisotopic (exact) mass is 348 g/mol. The summed E-state index contributed by atoms with van der Waals surface area (Å²) in [7, 11) is -3.77. The molecule has 4 nitrogen and oxygen atoms in total. The van der Waals surface area contributed by atoms with Crippen LogP contribution in [0.1, 0.15) is 0 Å². The Balaban J connectivity index is 2.38. The highest BCUT2D eigenvalue weighted by Gasteiger charge is 2.12. The fraction of sp³-hybridized carbons (Fsp3) is 0. The van der Waals surface area contributed by atoms with E-state index in [1.165, 1.54) is 23.9 Å². The van der Waals surface area contributed by atoms with Crippen molar-refractivity contribution in [3.05, 3.63) is 46.4 Å². The molecule has 0 amide bonds. The van der Waals surface area contributed by atoms with Gasteiger partial charge in [0.25, 0.3) is 0 Å². The van der Waals surface area contributed by atoms with E-state index in [2.05, 4.69) is 0 Å². The number of nitrogens with two attached hydrogens (primary N) is 2. The van der Waals surface area contributed by atoms with Gasteiger partial charge in [0.2, 0.25) is 10.0 Å². The first-order chi connectivity index (χ1) is 9.27. The van der Waals surface area contributed by atoms with Crippen LogP contribution in [0, 0.1) is 0 Å². The molecule has 0 saturated carbocycles. The average molecular weight is 349 g/mol. The molecule has 0 aliphatic heterocycles. The fourth-order valence-electron chi connectivity index (χ4n) is 1.47. The highest BCUT2D eigenvalue weighted by Crippen LogP contribution is 2.38. The van der Waals surface area contributed by atoms with Crippen molar-refractivity contribution < 1.29 is 8.42 Å². The Morgan fingerprint density at radius 3 is 2.30 bits per heavy atom. The molecule has 2 aromatic rings. The number of rotatable bonds is 3. The zero-order valence-corrected chi connectivity index (χ0v) is 13.2. The summed E-state index contributed by atoms with van der Waals surface area (Å²) in [5, 5.41) is 6.13. The molecule has 0 bridgehead atoms. The molecule has 0 aromatic heterocycles. The second-order valence-electron chi connectivity index (χ2n) is 3.92. The summed E-state index contributed by atoms with van der Waals surface area (Å²) >= 11 is 13.3. The van der Waals surface area contributed by atoms with Gasteiger partial charge in [0.1, 0.15) is 0 Å². The van der Waals surface area contributed by atoms with Crippen LogP contribution in [-0.4, -0.2) is 8.42 Å². The van der Waals surface area contributed by atoms with E-state index in [-0.39, 0.29) is 4.90 Å². The fourth-order valence-corrected chi connectivity index (χ4v) is 3.39. The van der Waals surface area contributed by atoms with Gasteiger partial charge in [-0.05, 0) is 36.4 Å². The summed E-state index contributed by atoms with van der Waals surface area (Å²) in [6.07, 6.45) is 0. The number of primary sulfonamides is 1. The molecule has 4 N–H and O–H groups in total. The van der Waals surface area contributed by atoms with Crippen LogP contribution in [0.5, 0.6) is 0 Å². The molecular weight excluding hydrogens is 339 g/mol. The standard InChI is InChI=1S/C12H10Cl2N2O2S2/c13-7-1-3-9(14)12(5-7)19-11-4-2-8(6-10(11)15)20(16,17)18/h1-6H,15H2,(H2,16,17,18). The highest BCUT2D eigenvalue weighted by atomic mass is 35.5. The molecule has 2 aromatic carbocycles. The van der Waals surface area contributed by atoms with Gasteiger partial charge in [0.05, 0.1) is 9.92 Å². The van der Waals surface area contributed by atoms with Crippen LogP contribution in [0.4, 0.5) is 5.69 Å². The van der Waals surface area contributed by atoms with E-state index in [9.17, 15) is 8.42 Å². The van der Waals surface area contributed by atoms with Gasteiger partial charge in [0.15, 0.2) is 0 Å². The van der Waals surface area contributed by atoms with Crippen LogP contribution in [0.3, 0.4) is 0 Å². The van der Waals surface area contributed by atoms with Crippen molar-refractivity contribution in [2.45, 2.75) is 14.7 Å². The van der Waals surface area contributed by atoms with Crippen molar-refractivity contribution in [1.29, 1.82) is 0 Å². The molecule has 0 atom stereocenters. The normalized spacial score (nSPS) is 11.6. The highest BCUT2D eigenvalue weighted by molar-refractivity contribution is 7.99. The second-order valence-corrected chi connectivity index (χ2v) is 7.41. The number of hydrogen-bond acceptors (Lipinski definition) is 4. The third-order valence-corrected chi connectivity index (χ3v) is 5.16. The quantitative estimate of drug-likeness (QED) is 0.832. The molecular formula is C12H10Cl2N2O2S2. The van der Waals surface area contributed by atoms with Gasteiger partial charge < -0.3 is 5.73 Å². The topological polar surface area (TPSA) is 86.2 Å². The maximum atomic E-state index is 11.2. The van der Waals surface area contributed by atoms with Crippen molar-refractivity contribution in [3.8, 4) is 0 Å². The molecule has 0 aliphatic rings. The minimum absolute atomic E-state index is 0.0310. The number of anilines is 1. The zero-order valence-electron chi connectivity index (χ0n) is 10.0. The Morgan fingerprint density at radius 2 is 1.70 bits per heavy atom. The zero-order chi connectivity index (χ0) is 14.9. The second kappa shape index (κ2) is 5.83. The van der Waals surface area contributed by atoms with Gasteiger partial charge in [-0.15, -0.1) is 0 Å². The lowest BCUT2D eigenvalue weighted by Gasteiger charge is -2.08. The first-order valence-electron chi connectivity index (χ1n) is 5.32. The minimum Gasteiger partial charge on any atom is -0.398 e. The van der Waals surface area contributed by atoms with Gasteiger partial charge in [-0.25, -0.2) is 13.6 Å². The molecule has 0 unspecified atom stereocenters. The van der Waals surface area contributed by atoms with Crippen molar-refractivity contribution in [1.82, 2.24) is 0 Å². The maximum Gasteiger partial charge on any atom is 0.238 e. The van der Waals surface area contributed by atoms with E-state index >= 15 is 0 Å². The Hall–Kier alpha value is -0.920. The summed E-state index contributed by atoms with van der Waals surface area (Å²) in [5.74, 6) is 0. The van der Waals surface area contributed by atoms with Crippen LogP contribution < -0.4 is 10.9 Å². The predicted molar refractivity (Wildman–Crippen MR) is 82.8 cm³/mol. The van der Waals surface area contributed by atoms with Gasteiger partial charge in [-0.2, -0.15) is 0 Å².